The van der Waals surface area contributed by atoms with Crippen LogP contribution in [-0.4, -0.2) is 47.2 Å². The molecule has 0 bridgehead atoms. The lowest BCUT2D eigenvalue weighted by atomic mass is 10.1. The highest BCUT2D eigenvalue weighted by molar-refractivity contribution is 9.10. The maximum Gasteiger partial charge on any atom is 0.0952 e. The summed E-state index contributed by atoms with van der Waals surface area (Å²) in [5.74, 6) is 0. The molecule has 3 heteroatoms. The van der Waals surface area contributed by atoms with E-state index in [1.165, 1.54) is 18.5 Å². The second kappa shape index (κ2) is 5.89. The van der Waals surface area contributed by atoms with Crippen LogP contribution in [-0.2, 0) is 6.42 Å². The van der Waals surface area contributed by atoms with Crippen LogP contribution in [0.3, 0.4) is 0 Å². The lowest BCUT2D eigenvalue weighted by Crippen LogP contribution is -2.39. The molecule has 88 valence electrons. The first-order chi connectivity index (χ1) is 7.37. The Morgan fingerprint density at radius 1 is 1.19 bits per heavy atom. The molecule has 0 amide bonds. The molecular weight excluding hydrogens is 278 g/mol. The van der Waals surface area contributed by atoms with Crippen LogP contribution in [0.15, 0.2) is 28.7 Å². The van der Waals surface area contributed by atoms with Crippen molar-refractivity contribution in [2.75, 3.05) is 27.7 Å². The van der Waals surface area contributed by atoms with Gasteiger partial charge < -0.3 is 4.48 Å². The average molecular weight is 299 g/mol. The smallest absolute Gasteiger partial charge is 0.0952 e. The van der Waals surface area contributed by atoms with E-state index in [0.29, 0.717) is 0 Å². The molecule has 0 atom stereocenters. The molecule has 0 aliphatic rings. The first-order valence-electron chi connectivity index (χ1n) is 5.58. The molecule has 1 aromatic carbocycles. The highest BCUT2D eigenvalue weighted by Crippen LogP contribution is 2.12. The van der Waals surface area contributed by atoms with Gasteiger partial charge in [-0.05, 0) is 45.6 Å². The van der Waals surface area contributed by atoms with Crippen molar-refractivity contribution in [2.24, 2.45) is 0 Å². The van der Waals surface area contributed by atoms with Crippen molar-refractivity contribution in [3.63, 3.8) is 0 Å². The highest BCUT2D eigenvalue weighted by atomic mass is 79.9. The molecule has 1 rings (SSSR count). The third kappa shape index (κ3) is 5.73. The summed E-state index contributed by atoms with van der Waals surface area (Å²) in [7, 11) is 8.79. The van der Waals surface area contributed by atoms with Crippen molar-refractivity contribution in [1.29, 1.82) is 0 Å². The zero-order chi connectivity index (χ0) is 12.2. The van der Waals surface area contributed by atoms with Crippen LogP contribution in [0.4, 0.5) is 0 Å². The molecule has 16 heavy (non-hydrogen) atoms. The fourth-order valence-electron chi connectivity index (χ4n) is 1.72. The van der Waals surface area contributed by atoms with E-state index in [0.717, 1.165) is 15.4 Å². The fourth-order valence-corrected chi connectivity index (χ4v) is 2.83. The maximum atomic E-state index is 3.46. The van der Waals surface area contributed by atoms with Gasteiger partial charge in [-0.3, -0.25) is 0 Å². The summed E-state index contributed by atoms with van der Waals surface area (Å²) in [5, 5.41) is 1.61. The Bertz CT molecular complexity index is 351. The third-order valence-electron chi connectivity index (χ3n) is 2.38. The number of halogens is 1. The number of hydrogen-bond donors (Lipinski definition) is 0. The first-order valence-corrected chi connectivity index (χ1v) is 7.08. The number of quaternary nitrogens is 1. The van der Waals surface area contributed by atoms with Gasteiger partial charge >= 0.3 is 0 Å². The topological polar surface area (TPSA) is 0 Å². The van der Waals surface area contributed by atoms with E-state index in [9.17, 15) is 0 Å². The van der Waals surface area contributed by atoms with Crippen molar-refractivity contribution >= 4 is 31.0 Å². The van der Waals surface area contributed by atoms with Gasteiger partial charge in [0.2, 0.25) is 0 Å². The van der Waals surface area contributed by atoms with Gasteiger partial charge in [0.05, 0.1) is 27.7 Å². The standard InChI is InChI=1S/C13H21BrNSi/c1-15(2,3)10-13(16)9-6-11-4-7-12(14)8-5-11/h4-5,7-8H,6,9-10,16H2,1-3H3/q+1. The number of hydrogen-bond acceptors (Lipinski definition) is 0. The van der Waals surface area contributed by atoms with Gasteiger partial charge in [-0.15, -0.1) is 0 Å². The molecule has 0 aliphatic carbocycles. The van der Waals surface area contributed by atoms with Crippen molar-refractivity contribution in [1.82, 2.24) is 0 Å². The minimum Gasteiger partial charge on any atom is -0.328 e. The summed E-state index contributed by atoms with van der Waals surface area (Å²) >= 11 is 3.46. The SMILES string of the molecule is C[N+](C)(C)CC(=[SiH2])CCc1ccc(Br)cc1. The largest absolute Gasteiger partial charge is 0.328 e. The van der Waals surface area contributed by atoms with Crippen LogP contribution in [0.1, 0.15) is 12.0 Å². The molecular formula is C13H21BrNSi+. The Morgan fingerprint density at radius 3 is 2.25 bits per heavy atom. The van der Waals surface area contributed by atoms with Gasteiger partial charge in [0.15, 0.2) is 0 Å². The molecule has 0 aromatic heterocycles. The van der Waals surface area contributed by atoms with Gasteiger partial charge in [-0.1, -0.05) is 28.1 Å². The Morgan fingerprint density at radius 2 is 1.75 bits per heavy atom. The minimum atomic E-state index is 1.03. The highest BCUT2D eigenvalue weighted by Gasteiger charge is 2.08. The van der Waals surface area contributed by atoms with E-state index < -0.39 is 0 Å². The van der Waals surface area contributed by atoms with Gasteiger partial charge in [0, 0.05) is 4.47 Å². The van der Waals surface area contributed by atoms with E-state index in [2.05, 4.69) is 71.2 Å². The molecule has 0 unspecified atom stereocenters. The van der Waals surface area contributed by atoms with Crippen LogP contribution < -0.4 is 0 Å². The maximum absolute atomic E-state index is 3.46. The monoisotopic (exact) mass is 298 g/mol. The molecule has 0 fully saturated rings. The quantitative estimate of drug-likeness (QED) is 0.575. The van der Waals surface area contributed by atoms with Crippen molar-refractivity contribution in [2.45, 2.75) is 12.8 Å². The van der Waals surface area contributed by atoms with E-state index in [4.69, 9.17) is 0 Å². The lowest BCUT2D eigenvalue weighted by Gasteiger charge is -2.25. The Kier molecular flexibility index (Phi) is 5.09. The molecule has 0 aliphatic heterocycles. The molecule has 1 nitrogen and oxygen atoms in total. The van der Waals surface area contributed by atoms with E-state index in [-0.39, 0.29) is 0 Å². The van der Waals surface area contributed by atoms with Crippen LogP contribution in [0.25, 0.3) is 0 Å². The second-order valence-electron chi connectivity index (χ2n) is 5.32. The summed E-state index contributed by atoms with van der Waals surface area (Å²) in [5.41, 5.74) is 1.42. The number of rotatable bonds is 5. The first kappa shape index (κ1) is 13.8. The zero-order valence-corrected chi connectivity index (χ0v) is 13.5. The Hall–Kier alpha value is -0.253. The van der Waals surface area contributed by atoms with Gasteiger partial charge in [-0.2, -0.15) is 0 Å². The van der Waals surface area contributed by atoms with Crippen LogP contribution >= 0.6 is 15.9 Å². The minimum absolute atomic E-state index is 1.03. The van der Waals surface area contributed by atoms with Gasteiger partial charge in [0.25, 0.3) is 0 Å². The van der Waals surface area contributed by atoms with Crippen LogP contribution in [0.5, 0.6) is 0 Å². The number of nitrogens with zero attached hydrogens (tertiary/aromatic N) is 1. The molecule has 1 aromatic rings. The summed E-state index contributed by atoms with van der Waals surface area (Å²) in [4.78, 5) is 0. The fraction of sp³-hybridized carbons (Fsp3) is 0.462. The molecule has 0 saturated carbocycles. The van der Waals surface area contributed by atoms with Crippen molar-refractivity contribution in [3.8, 4) is 0 Å². The average Bonchev–Trinajstić information content (AvgIpc) is 2.14. The Balaban J connectivity index is 2.40. The molecule has 0 N–H and O–H groups in total. The van der Waals surface area contributed by atoms with Crippen molar-refractivity contribution in [3.05, 3.63) is 34.3 Å². The third-order valence-corrected chi connectivity index (χ3v) is 3.48. The van der Waals surface area contributed by atoms with Gasteiger partial charge in [-0.25, -0.2) is 0 Å². The molecule has 0 spiro atoms. The van der Waals surface area contributed by atoms with E-state index in [1.54, 1.807) is 5.17 Å². The molecule has 0 saturated heterocycles. The zero-order valence-electron chi connectivity index (χ0n) is 10.5. The summed E-state index contributed by atoms with van der Waals surface area (Å²) in [6.45, 7) is 1.18. The predicted molar refractivity (Wildman–Crippen MR) is 78.9 cm³/mol. The second-order valence-corrected chi connectivity index (χ2v) is 7.24. The number of benzene rings is 1. The van der Waals surface area contributed by atoms with Crippen LogP contribution in [0, 0.1) is 0 Å². The molecule has 0 heterocycles. The lowest BCUT2D eigenvalue weighted by molar-refractivity contribution is -0.860. The number of aryl methyl sites for hydroxylation is 1. The molecule has 0 radical (unpaired) electrons. The van der Waals surface area contributed by atoms with Crippen LogP contribution in [0.2, 0.25) is 0 Å². The van der Waals surface area contributed by atoms with E-state index in [1.807, 2.05) is 0 Å². The summed E-state index contributed by atoms with van der Waals surface area (Å²) < 4.78 is 2.18. The van der Waals surface area contributed by atoms with E-state index >= 15 is 0 Å². The predicted octanol–water partition coefficient (Wildman–Crippen LogP) is 1.89. The van der Waals surface area contributed by atoms with Gasteiger partial charge in [0.1, 0.15) is 0 Å². The normalized spacial score (nSPS) is 11.5. The Labute approximate surface area is 110 Å². The summed E-state index contributed by atoms with van der Waals surface area (Å²) in [6.07, 6.45) is 2.36. The summed E-state index contributed by atoms with van der Waals surface area (Å²) in [6, 6.07) is 8.64. The van der Waals surface area contributed by atoms with Crippen molar-refractivity contribution < 1.29 is 4.48 Å².